The Hall–Kier alpha value is -1.88. The van der Waals surface area contributed by atoms with Crippen molar-refractivity contribution >= 4 is 17.6 Å². The zero-order chi connectivity index (χ0) is 14.7. The number of carboxylic acid groups (broad SMARTS) is 1. The maximum atomic E-state index is 14.2. The van der Waals surface area contributed by atoms with Crippen LogP contribution in [0.2, 0.25) is 5.02 Å². The first-order valence-electron chi connectivity index (χ1n) is 6.87. The fraction of sp³-hybridized carbons (Fsp3) is 0.333. The lowest BCUT2D eigenvalue weighted by atomic mass is 9.95. The Morgan fingerprint density at radius 2 is 2.14 bits per heavy atom. The molecule has 2 bridgehead atoms. The van der Waals surface area contributed by atoms with Gasteiger partial charge in [-0.05, 0) is 43.4 Å². The molecule has 1 saturated carbocycles. The number of hydrogen-bond donors (Lipinski definition) is 1. The molecule has 0 aliphatic heterocycles. The molecule has 2 aliphatic rings. The Kier molecular flexibility index (Phi) is 2.63. The number of carbonyl (C=O) groups is 1. The average molecular weight is 307 g/mol. The van der Waals surface area contributed by atoms with Gasteiger partial charge in [-0.25, -0.2) is 13.9 Å². The van der Waals surface area contributed by atoms with Crippen molar-refractivity contribution in [2.24, 2.45) is 0 Å². The van der Waals surface area contributed by atoms with E-state index in [4.69, 9.17) is 11.6 Å². The van der Waals surface area contributed by atoms with Gasteiger partial charge >= 0.3 is 5.97 Å². The Bertz CT molecular complexity index is 771. The Labute approximate surface area is 125 Å². The van der Waals surface area contributed by atoms with Gasteiger partial charge in [0.15, 0.2) is 5.69 Å². The first-order chi connectivity index (χ1) is 10.1. The van der Waals surface area contributed by atoms with E-state index in [1.165, 1.54) is 10.7 Å². The first kappa shape index (κ1) is 12.8. The largest absolute Gasteiger partial charge is 0.476 e. The molecule has 108 valence electrons. The highest BCUT2D eigenvalue weighted by molar-refractivity contribution is 6.30. The minimum atomic E-state index is -1.05. The van der Waals surface area contributed by atoms with Gasteiger partial charge in [-0.15, -0.1) is 0 Å². The third-order valence-electron chi connectivity index (χ3n) is 4.53. The lowest BCUT2D eigenvalue weighted by Gasteiger charge is -2.14. The van der Waals surface area contributed by atoms with Gasteiger partial charge in [0.05, 0.1) is 5.69 Å². The molecule has 4 nitrogen and oxygen atoms in total. The summed E-state index contributed by atoms with van der Waals surface area (Å²) in [4.78, 5) is 11.4. The van der Waals surface area contributed by atoms with Crippen molar-refractivity contribution < 1.29 is 14.3 Å². The van der Waals surface area contributed by atoms with E-state index < -0.39 is 11.8 Å². The standard InChI is InChI=1S/C15H12ClFN2O2/c16-9-3-4-11(10(17)6-9)19-14-8-2-1-7(5-8)12(14)13(18-19)15(20)21/h3-4,6-8H,1-2,5H2,(H,20,21). The molecule has 1 aromatic carbocycles. The second kappa shape index (κ2) is 4.31. The SMILES string of the molecule is O=C(O)c1nn(-c2ccc(Cl)cc2F)c2c1C1CCC2C1. The maximum absolute atomic E-state index is 14.2. The Morgan fingerprint density at radius 3 is 2.86 bits per heavy atom. The van der Waals surface area contributed by atoms with Crippen molar-refractivity contribution in [3.05, 3.63) is 46.0 Å². The van der Waals surface area contributed by atoms with Crippen LogP contribution in [0.25, 0.3) is 5.69 Å². The molecule has 2 aliphatic carbocycles. The molecule has 0 radical (unpaired) electrons. The average Bonchev–Trinajstić information content (AvgIpc) is 3.09. The van der Waals surface area contributed by atoms with Crippen molar-refractivity contribution in [3.8, 4) is 5.69 Å². The van der Waals surface area contributed by atoms with Crippen LogP contribution in [0.15, 0.2) is 18.2 Å². The molecular formula is C15H12ClFN2O2. The highest BCUT2D eigenvalue weighted by atomic mass is 35.5. The monoisotopic (exact) mass is 306 g/mol. The topological polar surface area (TPSA) is 55.1 Å². The Balaban J connectivity index is 1.97. The van der Waals surface area contributed by atoms with E-state index in [9.17, 15) is 14.3 Å². The molecule has 2 aromatic rings. The molecule has 2 unspecified atom stereocenters. The second-order valence-electron chi connectivity index (χ2n) is 5.67. The van der Waals surface area contributed by atoms with Crippen molar-refractivity contribution in [2.45, 2.75) is 31.1 Å². The summed E-state index contributed by atoms with van der Waals surface area (Å²) in [6.45, 7) is 0. The molecule has 1 heterocycles. The van der Waals surface area contributed by atoms with Crippen LogP contribution in [-0.2, 0) is 0 Å². The third kappa shape index (κ3) is 1.73. The fourth-order valence-electron chi connectivity index (χ4n) is 3.73. The van der Waals surface area contributed by atoms with Crippen LogP contribution in [0.5, 0.6) is 0 Å². The van der Waals surface area contributed by atoms with Crippen LogP contribution in [0.1, 0.15) is 52.8 Å². The minimum Gasteiger partial charge on any atom is -0.476 e. The maximum Gasteiger partial charge on any atom is 0.356 e. The van der Waals surface area contributed by atoms with Crippen molar-refractivity contribution in [1.29, 1.82) is 0 Å². The number of carboxylic acids is 1. The zero-order valence-electron chi connectivity index (χ0n) is 11.0. The summed E-state index contributed by atoms with van der Waals surface area (Å²) in [6, 6.07) is 4.35. The van der Waals surface area contributed by atoms with Gasteiger partial charge in [0, 0.05) is 16.5 Å². The summed E-state index contributed by atoms with van der Waals surface area (Å²) >= 11 is 5.78. The van der Waals surface area contributed by atoms with Crippen LogP contribution in [0.4, 0.5) is 4.39 Å². The molecule has 6 heteroatoms. The van der Waals surface area contributed by atoms with E-state index in [-0.39, 0.29) is 23.2 Å². The van der Waals surface area contributed by atoms with Crippen molar-refractivity contribution in [1.82, 2.24) is 9.78 Å². The van der Waals surface area contributed by atoms with Gasteiger partial charge in [0.1, 0.15) is 11.5 Å². The molecule has 1 N–H and O–H groups in total. The molecule has 2 atom stereocenters. The number of aromatic carboxylic acids is 1. The fourth-order valence-corrected chi connectivity index (χ4v) is 3.88. The van der Waals surface area contributed by atoms with Gasteiger partial charge in [-0.1, -0.05) is 11.6 Å². The van der Waals surface area contributed by atoms with Crippen LogP contribution in [-0.4, -0.2) is 20.9 Å². The summed E-state index contributed by atoms with van der Waals surface area (Å²) in [7, 11) is 0. The Morgan fingerprint density at radius 1 is 1.38 bits per heavy atom. The molecule has 0 saturated heterocycles. The number of hydrogen-bond acceptors (Lipinski definition) is 2. The van der Waals surface area contributed by atoms with Gasteiger partial charge in [-0.3, -0.25) is 0 Å². The normalized spacial score (nSPS) is 22.6. The highest BCUT2D eigenvalue weighted by Gasteiger charge is 2.44. The van der Waals surface area contributed by atoms with E-state index in [1.807, 2.05) is 0 Å². The molecule has 0 spiro atoms. The predicted molar refractivity (Wildman–Crippen MR) is 74.8 cm³/mol. The molecule has 1 fully saturated rings. The summed E-state index contributed by atoms with van der Waals surface area (Å²) in [6.07, 6.45) is 2.95. The summed E-state index contributed by atoms with van der Waals surface area (Å²) in [5, 5.41) is 13.8. The van der Waals surface area contributed by atoms with Crippen LogP contribution in [0, 0.1) is 5.82 Å². The van der Waals surface area contributed by atoms with Crippen LogP contribution >= 0.6 is 11.6 Å². The number of nitrogens with zero attached hydrogens (tertiary/aromatic N) is 2. The molecule has 4 rings (SSSR count). The van der Waals surface area contributed by atoms with Crippen molar-refractivity contribution in [2.75, 3.05) is 0 Å². The summed E-state index contributed by atoms with van der Waals surface area (Å²) in [5.74, 6) is -1.01. The van der Waals surface area contributed by atoms with Crippen LogP contribution in [0.3, 0.4) is 0 Å². The van der Waals surface area contributed by atoms with E-state index in [0.717, 1.165) is 30.5 Å². The van der Waals surface area contributed by atoms with E-state index in [1.54, 1.807) is 12.1 Å². The summed E-state index contributed by atoms with van der Waals surface area (Å²) < 4.78 is 15.6. The van der Waals surface area contributed by atoms with Gasteiger partial charge in [0.2, 0.25) is 0 Å². The molecule has 21 heavy (non-hydrogen) atoms. The zero-order valence-corrected chi connectivity index (χ0v) is 11.8. The summed E-state index contributed by atoms with van der Waals surface area (Å²) in [5.41, 5.74) is 1.99. The molecular weight excluding hydrogens is 295 g/mol. The predicted octanol–water partition coefficient (Wildman–Crippen LogP) is 3.73. The lowest BCUT2D eigenvalue weighted by Crippen LogP contribution is -2.07. The van der Waals surface area contributed by atoms with Crippen molar-refractivity contribution in [3.63, 3.8) is 0 Å². The lowest BCUT2D eigenvalue weighted by molar-refractivity contribution is 0.0688. The van der Waals surface area contributed by atoms with E-state index in [2.05, 4.69) is 5.10 Å². The van der Waals surface area contributed by atoms with Crippen LogP contribution < -0.4 is 0 Å². The first-order valence-corrected chi connectivity index (χ1v) is 7.25. The van der Waals surface area contributed by atoms with E-state index in [0.29, 0.717) is 5.02 Å². The van der Waals surface area contributed by atoms with Gasteiger partial charge < -0.3 is 5.11 Å². The third-order valence-corrected chi connectivity index (χ3v) is 4.76. The highest BCUT2D eigenvalue weighted by Crippen LogP contribution is 2.54. The second-order valence-corrected chi connectivity index (χ2v) is 6.10. The number of fused-ring (bicyclic) bond motifs is 5. The van der Waals surface area contributed by atoms with E-state index >= 15 is 0 Å². The quantitative estimate of drug-likeness (QED) is 0.920. The number of halogens is 2. The molecule has 1 aromatic heterocycles. The van der Waals surface area contributed by atoms with Gasteiger partial charge in [-0.2, -0.15) is 5.10 Å². The van der Waals surface area contributed by atoms with Gasteiger partial charge in [0.25, 0.3) is 0 Å². The molecule has 0 amide bonds. The smallest absolute Gasteiger partial charge is 0.356 e. The number of aromatic nitrogens is 2. The minimum absolute atomic E-state index is 0.0616. The number of rotatable bonds is 2. The number of benzene rings is 1.